The Labute approximate surface area is 123 Å². The van der Waals surface area contributed by atoms with E-state index < -0.39 is 12.0 Å². The van der Waals surface area contributed by atoms with Crippen LogP contribution in [0.4, 0.5) is 5.69 Å². The molecule has 3 rings (SSSR count). The van der Waals surface area contributed by atoms with Crippen molar-refractivity contribution in [3.63, 3.8) is 0 Å². The first-order valence-electron chi connectivity index (χ1n) is 7.58. The summed E-state index contributed by atoms with van der Waals surface area (Å²) in [6.45, 7) is 1.46. The molecule has 1 aromatic rings. The normalized spacial score (nSPS) is 21.3. The molecule has 2 heterocycles. The van der Waals surface area contributed by atoms with Crippen LogP contribution < -0.4 is 5.32 Å². The number of benzene rings is 1. The fourth-order valence-corrected chi connectivity index (χ4v) is 3.30. The molecule has 5 heteroatoms. The fourth-order valence-electron chi connectivity index (χ4n) is 3.30. The van der Waals surface area contributed by atoms with Gasteiger partial charge in [-0.2, -0.15) is 0 Å². The van der Waals surface area contributed by atoms with Gasteiger partial charge < -0.3 is 15.3 Å². The minimum atomic E-state index is -0.897. The third-order valence-electron chi connectivity index (χ3n) is 4.37. The first-order chi connectivity index (χ1) is 10.2. The lowest BCUT2D eigenvalue weighted by atomic mass is 9.95. The number of carbonyl (C=O) groups is 2. The van der Waals surface area contributed by atoms with E-state index in [1.165, 1.54) is 4.90 Å². The lowest BCUT2D eigenvalue weighted by molar-refractivity contribution is -0.143. The van der Waals surface area contributed by atoms with E-state index in [0.717, 1.165) is 43.5 Å². The van der Waals surface area contributed by atoms with Crippen LogP contribution in [-0.4, -0.2) is 41.0 Å². The van der Waals surface area contributed by atoms with Gasteiger partial charge in [0, 0.05) is 24.3 Å². The van der Waals surface area contributed by atoms with Crippen molar-refractivity contribution in [2.45, 2.75) is 38.1 Å². The molecule has 112 valence electrons. The molecular weight excluding hydrogens is 268 g/mol. The molecular formula is C16H20N2O3. The predicted molar refractivity (Wildman–Crippen MR) is 79.6 cm³/mol. The van der Waals surface area contributed by atoms with Crippen molar-refractivity contribution in [1.82, 2.24) is 4.90 Å². The van der Waals surface area contributed by atoms with Gasteiger partial charge in [-0.1, -0.05) is 6.07 Å². The Bertz CT molecular complexity index is 571. The van der Waals surface area contributed by atoms with Gasteiger partial charge in [0.1, 0.15) is 6.04 Å². The smallest absolute Gasteiger partial charge is 0.326 e. The average molecular weight is 288 g/mol. The number of hydrogen-bond acceptors (Lipinski definition) is 3. The number of piperidine rings is 1. The second kappa shape index (κ2) is 5.76. The molecule has 0 saturated carbocycles. The third kappa shape index (κ3) is 2.60. The summed E-state index contributed by atoms with van der Waals surface area (Å²) in [7, 11) is 0. The first-order valence-corrected chi connectivity index (χ1v) is 7.58. The zero-order valence-corrected chi connectivity index (χ0v) is 12.0. The minimum absolute atomic E-state index is 0.136. The highest BCUT2D eigenvalue weighted by Crippen LogP contribution is 2.28. The van der Waals surface area contributed by atoms with Crippen molar-refractivity contribution >= 4 is 17.6 Å². The number of carboxylic acid groups (broad SMARTS) is 1. The van der Waals surface area contributed by atoms with E-state index in [2.05, 4.69) is 5.32 Å². The number of nitrogens with one attached hydrogen (secondary N) is 1. The van der Waals surface area contributed by atoms with Gasteiger partial charge in [-0.05, 0) is 49.8 Å². The zero-order valence-electron chi connectivity index (χ0n) is 12.0. The van der Waals surface area contributed by atoms with Crippen LogP contribution in [0.1, 0.15) is 41.6 Å². The van der Waals surface area contributed by atoms with Crippen LogP contribution >= 0.6 is 0 Å². The second-order valence-electron chi connectivity index (χ2n) is 5.71. The van der Waals surface area contributed by atoms with E-state index in [1.54, 1.807) is 0 Å². The maximum atomic E-state index is 12.8. The molecule has 0 aliphatic carbocycles. The van der Waals surface area contributed by atoms with Crippen molar-refractivity contribution in [3.05, 3.63) is 29.3 Å². The SMILES string of the molecule is O=C(O)[C@@H]1CCCCN1C(=O)c1cccc2c1CCCN2. The second-order valence-corrected chi connectivity index (χ2v) is 5.71. The lowest BCUT2D eigenvalue weighted by Crippen LogP contribution is -2.48. The van der Waals surface area contributed by atoms with Gasteiger partial charge in [-0.15, -0.1) is 0 Å². The molecule has 1 saturated heterocycles. The summed E-state index contributed by atoms with van der Waals surface area (Å²) in [5.41, 5.74) is 2.70. The van der Waals surface area contributed by atoms with Gasteiger partial charge >= 0.3 is 5.97 Å². The molecule has 5 nitrogen and oxygen atoms in total. The van der Waals surface area contributed by atoms with Gasteiger partial charge in [0.25, 0.3) is 5.91 Å². The van der Waals surface area contributed by atoms with Crippen molar-refractivity contribution in [2.75, 3.05) is 18.4 Å². The molecule has 2 aliphatic rings. The summed E-state index contributed by atoms with van der Waals surface area (Å²) in [4.78, 5) is 25.7. The van der Waals surface area contributed by atoms with E-state index >= 15 is 0 Å². The Morgan fingerprint density at radius 1 is 1.24 bits per heavy atom. The van der Waals surface area contributed by atoms with Crippen LogP contribution in [-0.2, 0) is 11.2 Å². The van der Waals surface area contributed by atoms with Crippen LogP contribution in [0.5, 0.6) is 0 Å². The van der Waals surface area contributed by atoms with E-state index in [0.29, 0.717) is 18.5 Å². The lowest BCUT2D eigenvalue weighted by Gasteiger charge is -2.34. The zero-order chi connectivity index (χ0) is 14.8. The monoisotopic (exact) mass is 288 g/mol. The summed E-state index contributed by atoms with van der Waals surface area (Å²) >= 11 is 0. The van der Waals surface area contributed by atoms with Crippen LogP contribution in [0, 0.1) is 0 Å². The highest BCUT2D eigenvalue weighted by molar-refractivity contribution is 5.99. The summed E-state index contributed by atoms with van der Waals surface area (Å²) in [6, 6.07) is 4.99. The first kappa shape index (κ1) is 13.9. The van der Waals surface area contributed by atoms with Crippen LogP contribution in [0.3, 0.4) is 0 Å². The Hall–Kier alpha value is -2.04. The molecule has 2 aliphatic heterocycles. The summed E-state index contributed by atoms with van der Waals surface area (Å²) < 4.78 is 0. The van der Waals surface area contributed by atoms with Crippen LogP contribution in [0.15, 0.2) is 18.2 Å². The fraction of sp³-hybridized carbons (Fsp3) is 0.500. The quantitative estimate of drug-likeness (QED) is 0.874. The molecule has 1 aromatic carbocycles. The maximum absolute atomic E-state index is 12.8. The maximum Gasteiger partial charge on any atom is 0.326 e. The molecule has 1 amide bonds. The number of nitrogens with zero attached hydrogens (tertiary/aromatic N) is 1. The highest BCUT2D eigenvalue weighted by Gasteiger charge is 2.33. The molecule has 0 aromatic heterocycles. The molecule has 0 spiro atoms. The van der Waals surface area contributed by atoms with Gasteiger partial charge in [0.15, 0.2) is 0 Å². The Balaban J connectivity index is 1.92. The molecule has 2 N–H and O–H groups in total. The number of likely N-dealkylation sites (tertiary alicyclic amines) is 1. The topological polar surface area (TPSA) is 69.6 Å². The van der Waals surface area contributed by atoms with Gasteiger partial charge in [-0.25, -0.2) is 4.79 Å². The predicted octanol–water partition coefficient (Wildman–Crippen LogP) is 2.12. The molecule has 0 radical (unpaired) electrons. The number of aliphatic carboxylic acids is 1. The number of fused-ring (bicyclic) bond motifs is 1. The molecule has 0 bridgehead atoms. The molecule has 1 atom stereocenters. The van der Waals surface area contributed by atoms with E-state index in [-0.39, 0.29) is 5.91 Å². The largest absolute Gasteiger partial charge is 0.480 e. The molecule has 1 fully saturated rings. The molecule has 21 heavy (non-hydrogen) atoms. The number of amides is 1. The van der Waals surface area contributed by atoms with Crippen molar-refractivity contribution in [3.8, 4) is 0 Å². The van der Waals surface area contributed by atoms with Crippen molar-refractivity contribution in [1.29, 1.82) is 0 Å². The average Bonchev–Trinajstić information content (AvgIpc) is 2.53. The van der Waals surface area contributed by atoms with Crippen molar-refractivity contribution in [2.24, 2.45) is 0 Å². The number of hydrogen-bond donors (Lipinski definition) is 2. The number of rotatable bonds is 2. The van der Waals surface area contributed by atoms with Crippen LogP contribution in [0.2, 0.25) is 0 Å². The highest BCUT2D eigenvalue weighted by atomic mass is 16.4. The Morgan fingerprint density at radius 3 is 2.90 bits per heavy atom. The Morgan fingerprint density at radius 2 is 2.10 bits per heavy atom. The number of carbonyl (C=O) groups excluding carboxylic acids is 1. The standard InChI is InChI=1S/C16H20N2O3/c19-15(18-10-2-1-8-14(18)16(20)21)12-5-3-7-13-11(12)6-4-9-17-13/h3,5,7,14,17H,1-2,4,6,8-10H2,(H,20,21)/t14-/m0/s1. The number of carboxylic acids is 1. The minimum Gasteiger partial charge on any atom is -0.480 e. The third-order valence-corrected chi connectivity index (χ3v) is 4.37. The summed E-state index contributed by atoms with van der Waals surface area (Å²) in [5.74, 6) is -1.03. The Kier molecular flexibility index (Phi) is 3.82. The van der Waals surface area contributed by atoms with Gasteiger partial charge in [-0.3, -0.25) is 4.79 Å². The molecule has 0 unspecified atom stereocenters. The van der Waals surface area contributed by atoms with Crippen molar-refractivity contribution < 1.29 is 14.7 Å². The van der Waals surface area contributed by atoms with Gasteiger partial charge in [0.2, 0.25) is 0 Å². The number of anilines is 1. The summed E-state index contributed by atoms with van der Waals surface area (Å²) in [6.07, 6.45) is 4.17. The summed E-state index contributed by atoms with van der Waals surface area (Å²) in [5, 5.41) is 12.6. The van der Waals surface area contributed by atoms with Gasteiger partial charge in [0.05, 0.1) is 0 Å². The van der Waals surface area contributed by atoms with E-state index in [1.807, 2.05) is 18.2 Å². The van der Waals surface area contributed by atoms with Crippen LogP contribution in [0.25, 0.3) is 0 Å². The van der Waals surface area contributed by atoms with E-state index in [4.69, 9.17) is 0 Å². The van der Waals surface area contributed by atoms with E-state index in [9.17, 15) is 14.7 Å².